The highest BCUT2D eigenvalue weighted by Crippen LogP contribution is 2.31. The van der Waals surface area contributed by atoms with Crippen LogP contribution in [-0.2, 0) is 0 Å². The SMILES string of the molecule is O=C(N1CC(=Cc2ccc(F)cc2F)C1)N1N=CCC1c1cccc(F)c1. The summed E-state index contributed by atoms with van der Waals surface area (Å²) < 4.78 is 40.2. The van der Waals surface area contributed by atoms with Gasteiger partial charge in [-0.3, -0.25) is 0 Å². The number of hydrogen-bond acceptors (Lipinski definition) is 2. The van der Waals surface area contributed by atoms with Crippen LogP contribution in [0, 0.1) is 17.5 Å². The van der Waals surface area contributed by atoms with Gasteiger partial charge in [0.1, 0.15) is 17.5 Å². The van der Waals surface area contributed by atoms with Crippen LogP contribution < -0.4 is 0 Å². The molecule has 4 rings (SSSR count). The lowest BCUT2D eigenvalue weighted by Gasteiger charge is -2.37. The van der Waals surface area contributed by atoms with Crippen LogP contribution in [0.5, 0.6) is 0 Å². The van der Waals surface area contributed by atoms with E-state index in [0.29, 0.717) is 25.1 Å². The smallest absolute Gasteiger partial charge is 0.315 e. The molecule has 0 radical (unpaired) electrons. The van der Waals surface area contributed by atoms with Gasteiger partial charge in [0.15, 0.2) is 0 Å². The van der Waals surface area contributed by atoms with E-state index in [-0.39, 0.29) is 23.5 Å². The van der Waals surface area contributed by atoms with E-state index < -0.39 is 11.6 Å². The standard InChI is InChI=1S/C20H16F3N3O/c21-16-3-1-2-15(9-16)19-6-7-24-26(19)20(27)25-11-13(12-25)8-14-4-5-17(22)10-18(14)23/h1-5,7-10,19H,6,11-12H2. The van der Waals surface area contributed by atoms with Gasteiger partial charge in [-0.25, -0.2) is 23.0 Å². The van der Waals surface area contributed by atoms with Gasteiger partial charge >= 0.3 is 6.03 Å². The lowest BCUT2D eigenvalue weighted by atomic mass is 10.0. The van der Waals surface area contributed by atoms with E-state index in [1.165, 1.54) is 29.3 Å². The van der Waals surface area contributed by atoms with E-state index in [2.05, 4.69) is 5.10 Å². The fraction of sp³-hybridized carbons (Fsp3) is 0.200. The summed E-state index contributed by atoms with van der Waals surface area (Å²) in [5.41, 5.74) is 1.83. The molecule has 7 heteroatoms. The second kappa shape index (κ2) is 6.90. The zero-order chi connectivity index (χ0) is 19.0. The first-order chi connectivity index (χ1) is 13.0. The molecule has 1 saturated heterocycles. The van der Waals surface area contributed by atoms with Crippen LogP contribution >= 0.6 is 0 Å². The van der Waals surface area contributed by atoms with Gasteiger partial charge < -0.3 is 4.90 Å². The Morgan fingerprint density at radius 2 is 1.85 bits per heavy atom. The predicted octanol–water partition coefficient (Wildman–Crippen LogP) is 4.36. The average molecular weight is 371 g/mol. The molecule has 1 atom stereocenters. The first-order valence-electron chi connectivity index (χ1n) is 8.52. The van der Waals surface area contributed by atoms with Crippen molar-refractivity contribution in [1.82, 2.24) is 9.91 Å². The number of rotatable bonds is 2. The van der Waals surface area contributed by atoms with Crippen molar-refractivity contribution in [1.29, 1.82) is 0 Å². The molecule has 2 aliphatic heterocycles. The van der Waals surface area contributed by atoms with Gasteiger partial charge in [-0.1, -0.05) is 12.1 Å². The number of likely N-dealkylation sites (tertiary alicyclic amines) is 1. The number of hydrogen-bond donors (Lipinski definition) is 0. The number of carbonyl (C=O) groups is 1. The van der Waals surface area contributed by atoms with Crippen molar-refractivity contribution < 1.29 is 18.0 Å². The molecule has 138 valence electrons. The molecule has 0 saturated carbocycles. The largest absolute Gasteiger partial charge is 0.341 e. The Bertz CT molecular complexity index is 949. The number of urea groups is 1. The van der Waals surface area contributed by atoms with Crippen molar-refractivity contribution in [2.45, 2.75) is 12.5 Å². The van der Waals surface area contributed by atoms with Crippen molar-refractivity contribution in [3.05, 3.63) is 76.6 Å². The van der Waals surface area contributed by atoms with Crippen LogP contribution in [0.1, 0.15) is 23.6 Å². The van der Waals surface area contributed by atoms with Crippen LogP contribution in [0.25, 0.3) is 6.08 Å². The highest BCUT2D eigenvalue weighted by Gasteiger charge is 2.35. The monoisotopic (exact) mass is 371 g/mol. The molecular formula is C20H16F3N3O. The van der Waals surface area contributed by atoms with E-state index in [1.807, 2.05) is 0 Å². The predicted molar refractivity (Wildman–Crippen MR) is 95.4 cm³/mol. The number of hydrazone groups is 1. The Morgan fingerprint density at radius 1 is 1.07 bits per heavy atom. The van der Waals surface area contributed by atoms with Gasteiger partial charge in [0.25, 0.3) is 0 Å². The maximum Gasteiger partial charge on any atom is 0.341 e. The fourth-order valence-electron chi connectivity index (χ4n) is 3.24. The average Bonchev–Trinajstić information content (AvgIpc) is 3.08. The summed E-state index contributed by atoms with van der Waals surface area (Å²) in [4.78, 5) is 14.3. The highest BCUT2D eigenvalue weighted by molar-refractivity contribution is 5.80. The molecule has 2 aromatic carbocycles. The highest BCUT2D eigenvalue weighted by atomic mass is 19.1. The molecule has 0 N–H and O–H groups in total. The lowest BCUT2D eigenvalue weighted by molar-refractivity contribution is 0.136. The van der Waals surface area contributed by atoms with E-state index in [4.69, 9.17) is 0 Å². The molecule has 2 amide bonds. The topological polar surface area (TPSA) is 35.9 Å². The zero-order valence-electron chi connectivity index (χ0n) is 14.3. The molecule has 0 spiro atoms. The van der Waals surface area contributed by atoms with E-state index >= 15 is 0 Å². The molecule has 0 aromatic heterocycles. The van der Waals surface area contributed by atoms with Crippen LogP contribution in [-0.4, -0.2) is 35.2 Å². The Morgan fingerprint density at radius 3 is 2.59 bits per heavy atom. The fourth-order valence-corrected chi connectivity index (χ4v) is 3.24. The first-order valence-corrected chi connectivity index (χ1v) is 8.52. The minimum atomic E-state index is -0.636. The summed E-state index contributed by atoms with van der Waals surface area (Å²) in [6, 6.07) is 8.90. The number of halogens is 3. The molecule has 4 nitrogen and oxygen atoms in total. The quantitative estimate of drug-likeness (QED) is 0.773. The zero-order valence-corrected chi connectivity index (χ0v) is 14.3. The molecular weight excluding hydrogens is 355 g/mol. The molecule has 2 aromatic rings. The molecule has 27 heavy (non-hydrogen) atoms. The molecule has 1 unspecified atom stereocenters. The number of carbonyl (C=O) groups excluding carboxylic acids is 1. The summed E-state index contributed by atoms with van der Waals surface area (Å²) in [7, 11) is 0. The van der Waals surface area contributed by atoms with E-state index in [9.17, 15) is 18.0 Å². The van der Waals surface area contributed by atoms with Crippen molar-refractivity contribution in [2.75, 3.05) is 13.1 Å². The third-order valence-electron chi connectivity index (χ3n) is 4.64. The summed E-state index contributed by atoms with van der Waals surface area (Å²) >= 11 is 0. The Hall–Kier alpha value is -3.09. The lowest BCUT2D eigenvalue weighted by Crippen LogP contribution is -2.49. The molecule has 2 aliphatic rings. The minimum Gasteiger partial charge on any atom is -0.315 e. The van der Waals surface area contributed by atoms with E-state index in [1.54, 1.807) is 29.3 Å². The van der Waals surface area contributed by atoms with Crippen molar-refractivity contribution in [3.8, 4) is 0 Å². The summed E-state index contributed by atoms with van der Waals surface area (Å²) in [6.07, 6.45) is 3.78. The Kier molecular flexibility index (Phi) is 4.43. The van der Waals surface area contributed by atoms with Gasteiger partial charge in [0.05, 0.1) is 6.04 Å². The number of nitrogens with zero attached hydrogens (tertiary/aromatic N) is 3. The second-order valence-electron chi connectivity index (χ2n) is 6.56. The van der Waals surface area contributed by atoms with Crippen molar-refractivity contribution >= 4 is 18.3 Å². The third-order valence-corrected chi connectivity index (χ3v) is 4.64. The molecule has 0 aliphatic carbocycles. The number of benzene rings is 2. The van der Waals surface area contributed by atoms with Gasteiger partial charge in [-0.05, 0) is 41.5 Å². The summed E-state index contributed by atoms with van der Waals surface area (Å²) in [6.45, 7) is 0.690. The minimum absolute atomic E-state index is 0.283. The molecule has 1 fully saturated rings. The van der Waals surface area contributed by atoms with Crippen LogP contribution in [0.3, 0.4) is 0 Å². The van der Waals surface area contributed by atoms with Gasteiger partial charge in [-0.15, -0.1) is 0 Å². The maximum atomic E-state index is 13.7. The number of amides is 2. The van der Waals surface area contributed by atoms with Gasteiger partial charge in [-0.2, -0.15) is 5.10 Å². The van der Waals surface area contributed by atoms with Crippen LogP contribution in [0.15, 0.2) is 53.1 Å². The van der Waals surface area contributed by atoms with Gasteiger partial charge in [0.2, 0.25) is 0 Å². The van der Waals surface area contributed by atoms with E-state index in [0.717, 1.165) is 11.6 Å². The third kappa shape index (κ3) is 3.45. The Balaban J connectivity index is 1.44. The summed E-state index contributed by atoms with van der Waals surface area (Å²) in [5, 5.41) is 5.48. The van der Waals surface area contributed by atoms with Crippen LogP contribution in [0.2, 0.25) is 0 Å². The first kappa shape index (κ1) is 17.3. The maximum absolute atomic E-state index is 13.7. The molecule has 2 heterocycles. The normalized spacial score (nSPS) is 18.6. The van der Waals surface area contributed by atoms with Crippen molar-refractivity contribution in [3.63, 3.8) is 0 Å². The second-order valence-corrected chi connectivity index (χ2v) is 6.56. The molecule has 0 bridgehead atoms. The van der Waals surface area contributed by atoms with Crippen LogP contribution in [0.4, 0.5) is 18.0 Å². The summed E-state index contributed by atoms with van der Waals surface area (Å²) in [5.74, 6) is -1.62. The van der Waals surface area contributed by atoms with Crippen molar-refractivity contribution in [2.24, 2.45) is 5.10 Å². The van der Waals surface area contributed by atoms with Gasteiger partial charge in [0, 0.05) is 37.4 Å². The Labute approximate surface area is 154 Å².